The predicted octanol–water partition coefficient (Wildman–Crippen LogP) is 3.30. The predicted molar refractivity (Wildman–Crippen MR) is 109 cm³/mol. The molecule has 1 aromatic heterocycles. The molecule has 0 bridgehead atoms. The van der Waals surface area contributed by atoms with Crippen LogP contribution in [0.5, 0.6) is 0 Å². The smallest absolute Gasteiger partial charge is 0.262 e. The van der Waals surface area contributed by atoms with Crippen molar-refractivity contribution < 1.29 is 9.59 Å². The van der Waals surface area contributed by atoms with Gasteiger partial charge in [-0.2, -0.15) is 5.10 Å². The fourth-order valence-electron chi connectivity index (χ4n) is 2.26. The van der Waals surface area contributed by atoms with Crippen molar-refractivity contribution in [2.45, 2.75) is 31.2 Å². The minimum Gasteiger partial charge on any atom is -0.344 e. The first-order chi connectivity index (χ1) is 12.5. The third kappa shape index (κ3) is 6.31. The average Bonchev–Trinajstić information content (AvgIpc) is 3.12. The highest BCUT2D eigenvalue weighted by Gasteiger charge is 2.24. The molecule has 0 aliphatic heterocycles. The number of benzene rings is 1. The van der Waals surface area contributed by atoms with Crippen LogP contribution in [0.3, 0.4) is 0 Å². The van der Waals surface area contributed by atoms with Crippen molar-refractivity contribution in [3.63, 3.8) is 0 Å². The number of hydrazone groups is 1. The highest BCUT2D eigenvalue weighted by molar-refractivity contribution is 7.98. The Kier molecular flexibility index (Phi) is 7.87. The van der Waals surface area contributed by atoms with E-state index in [2.05, 4.69) is 15.8 Å². The van der Waals surface area contributed by atoms with E-state index in [4.69, 9.17) is 0 Å². The maximum Gasteiger partial charge on any atom is 0.262 e. The second kappa shape index (κ2) is 10.1. The van der Waals surface area contributed by atoms with Crippen molar-refractivity contribution in [2.75, 3.05) is 6.26 Å². The van der Waals surface area contributed by atoms with Gasteiger partial charge in [-0.3, -0.25) is 9.59 Å². The number of rotatable bonds is 8. The Hall–Kier alpha value is -2.12. The molecule has 2 rings (SSSR count). The van der Waals surface area contributed by atoms with Crippen LogP contribution in [0.25, 0.3) is 0 Å². The van der Waals surface area contributed by atoms with Crippen LogP contribution in [0.15, 0.2) is 51.8 Å². The minimum absolute atomic E-state index is 0.0432. The Balaban J connectivity index is 1.90. The molecule has 0 aliphatic rings. The molecule has 0 radical (unpaired) electrons. The van der Waals surface area contributed by atoms with Crippen LogP contribution in [-0.2, 0) is 16.0 Å². The van der Waals surface area contributed by atoms with Gasteiger partial charge in [0.25, 0.3) is 5.91 Å². The number of carbonyl (C=O) groups excluding carboxylic acids is 2. The van der Waals surface area contributed by atoms with Crippen LogP contribution in [0, 0.1) is 5.92 Å². The van der Waals surface area contributed by atoms with Gasteiger partial charge in [-0.15, -0.1) is 23.1 Å². The zero-order valence-electron chi connectivity index (χ0n) is 15.1. The van der Waals surface area contributed by atoms with E-state index in [9.17, 15) is 9.59 Å². The van der Waals surface area contributed by atoms with Crippen LogP contribution in [0.2, 0.25) is 0 Å². The normalized spacial score (nSPS) is 12.3. The van der Waals surface area contributed by atoms with Crippen molar-refractivity contribution in [2.24, 2.45) is 11.0 Å². The highest BCUT2D eigenvalue weighted by atomic mass is 32.2. The third-order valence-corrected chi connectivity index (χ3v) is 5.30. The number of hydrogen-bond acceptors (Lipinski definition) is 5. The number of thioether (sulfide) groups is 1. The van der Waals surface area contributed by atoms with E-state index >= 15 is 0 Å². The molecule has 2 amide bonds. The average molecular weight is 390 g/mol. The number of nitrogens with one attached hydrogen (secondary N) is 2. The van der Waals surface area contributed by atoms with E-state index in [0.29, 0.717) is 0 Å². The second-order valence-electron chi connectivity index (χ2n) is 6.05. The van der Waals surface area contributed by atoms with E-state index in [1.165, 1.54) is 16.2 Å². The van der Waals surface area contributed by atoms with Crippen molar-refractivity contribution in [1.29, 1.82) is 0 Å². The first-order valence-electron chi connectivity index (χ1n) is 8.28. The summed E-state index contributed by atoms with van der Waals surface area (Å²) in [6.45, 7) is 3.78. The largest absolute Gasteiger partial charge is 0.344 e. The molecule has 0 saturated heterocycles. The van der Waals surface area contributed by atoms with Gasteiger partial charge < -0.3 is 5.32 Å². The van der Waals surface area contributed by atoms with Gasteiger partial charge in [0.05, 0.1) is 12.6 Å². The lowest BCUT2D eigenvalue weighted by Crippen LogP contribution is -2.49. The number of amides is 2. The first kappa shape index (κ1) is 20.2. The number of thiophene rings is 1. The van der Waals surface area contributed by atoms with Gasteiger partial charge in [-0.25, -0.2) is 5.43 Å². The topological polar surface area (TPSA) is 70.6 Å². The van der Waals surface area contributed by atoms with Crippen LogP contribution < -0.4 is 10.7 Å². The number of hydrogen-bond donors (Lipinski definition) is 2. The zero-order valence-corrected chi connectivity index (χ0v) is 16.7. The lowest BCUT2D eigenvalue weighted by Gasteiger charge is -2.20. The first-order valence-corrected chi connectivity index (χ1v) is 10.4. The van der Waals surface area contributed by atoms with Gasteiger partial charge in [-0.05, 0) is 41.3 Å². The maximum atomic E-state index is 12.4. The molecular formula is C19H23N3O2S2. The molecule has 0 fully saturated rings. The summed E-state index contributed by atoms with van der Waals surface area (Å²) < 4.78 is 0. The summed E-state index contributed by atoms with van der Waals surface area (Å²) in [5.74, 6) is -0.534. The zero-order chi connectivity index (χ0) is 18.9. The summed E-state index contributed by atoms with van der Waals surface area (Å²) in [7, 11) is 0. The molecule has 0 aliphatic carbocycles. The maximum absolute atomic E-state index is 12.4. The quantitative estimate of drug-likeness (QED) is 0.413. The Bertz CT molecular complexity index is 741. The van der Waals surface area contributed by atoms with Crippen LogP contribution in [0.4, 0.5) is 0 Å². The van der Waals surface area contributed by atoms with Crippen molar-refractivity contribution in [3.05, 3.63) is 52.2 Å². The summed E-state index contributed by atoms with van der Waals surface area (Å²) in [4.78, 5) is 26.7. The third-order valence-electron chi connectivity index (χ3n) is 3.68. The summed E-state index contributed by atoms with van der Waals surface area (Å²) in [5, 5.41) is 8.73. The molecule has 5 nitrogen and oxygen atoms in total. The Labute approximate surface area is 162 Å². The van der Waals surface area contributed by atoms with E-state index in [-0.39, 0.29) is 24.2 Å². The fourth-order valence-corrected chi connectivity index (χ4v) is 3.37. The minimum atomic E-state index is -0.626. The van der Waals surface area contributed by atoms with Gasteiger partial charge in [0, 0.05) is 9.77 Å². The van der Waals surface area contributed by atoms with Gasteiger partial charge >= 0.3 is 0 Å². The lowest BCUT2D eigenvalue weighted by molar-refractivity contribution is -0.129. The summed E-state index contributed by atoms with van der Waals surface area (Å²) >= 11 is 3.19. The van der Waals surface area contributed by atoms with Gasteiger partial charge in [-0.1, -0.05) is 32.0 Å². The van der Waals surface area contributed by atoms with Gasteiger partial charge in [0.1, 0.15) is 6.04 Å². The van der Waals surface area contributed by atoms with Crippen LogP contribution in [0.1, 0.15) is 24.3 Å². The van der Waals surface area contributed by atoms with E-state index in [1.54, 1.807) is 18.0 Å². The molecule has 26 heavy (non-hydrogen) atoms. The highest BCUT2D eigenvalue weighted by Crippen LogP contribution is 2.14. The van der Waals surface area contributed by atoms with Crippen LogP contribution in [-0.4, -0.2) is 30.3 Å². The van der Waals surface area contributed by atoms with E-state index < -0.39 is 6.04 Å². The summed E-state index contributed by atoms with van der Waals surface area (Å²) in [6, 6.07) is 11.0. The molecule has 1 aromatic carbocycles. The Morgan fingerprint density at radius 1 is 1.23 bits per heavy atom. The molecule has 2 N–H and O–H groups in total. The number of nitrogens with zero attached hydrogens (tertiary/aromatic N) is 1. The molecule has 2 aromatic rings. The van der Waals surface area contributed by atoms with Crippen molar-refractivity contribution >= 4 is 41.1 Å². The molecule has 7 heteroatoms. The monoisotopic (exact) mass is 389 g/mol. The molecule has 0 spiro atoms. The molecule has 1 unspecified atom stereocenters. The van der Waals surface area contributed by atoms with Crippen LogP contribution >= 0.6 is 23.1 Å². The molecule has 1 heterocycles. The molecule has 138 valence electrons. The van der Waals surface area contributed by atoms with Crippen molar-refractivity contribution in [3.8, 4) is 0 Å². The van der Waals surface area contributed by atoms with E-state index in [0.717, 1.165) is 10.4 Å². The molecule has 1 atom stereocenters. The van der Waals surface area contributed by atoms with Gasteiger partial charge in [0.15, 0.2) is 0 Å². The Morgan fingerprint density at radius 3 is 2.54 bits per heavy atom. The standard InChI is InChI=1S/C19H23N3O2S2/c1-13(2)18(21-17(23)11-16-5-4-10-26-16)19(24)22-20-12-14-6-8-15(25-3)9-7-14/h4-10,12-13,18H,11H2,1-3H3,(H,21,23)(H,22,24)/b20-12+. The fraction of sp³-hybridized carbons (Fsp3) is 0.316. The SMILES string of the molecule is CSc1ccc(/C=N/NC(=O)C(NC(=O)Cc2cccs2)C(C)C)cc1. The molecular weight excluding hydrogens is 366 g/mol. The van der Waals surface area contributed by atoms with Gasteiger partial charge in [0.2, 0.25) is 5.91 Å². The van der Waals surface area contributed by atoms with E-state index in [1.807, 2.05) is 61.9 Å². The lowest BCUT2D eigenvalue weighted by atomic mass is 10.0. The number of carbonyl (C=O) groups is 2. The summed E-state index contributed by atoms with van der Waals surface area (Å²) in [6.07, 6.45) is 3.88. The molecule has 0 saturated carbocycles. The van der Waals surface area contributed by atoms with Crippen molar-refractivity contribution in [1.82, 2.24) is 10.7 Å². The Morgan fingerprint density at radius 2 is 1.96 bits per heavy atom. The second-order valence-corrected chi connectivity index (χ2v) is 7.96. The summed E-state index contributed by atoms with van der Waals surface area (Å²) in [5.41, 5.74) is 3.41.